The van der Waals surface area contributed by atoms with Gasteiger partial charge in [-0.3, -0.25) is 9.59 Å². The molecule has 2 aromatic carbocycles. The quantitative estimate of drug-likeness (QED) is 0.852. The summed E-state index contributed by atoms with van der Waals surface area (Å²) < 4.78 is 12.2. The van der Waals surface area contributed by atoms with Gasteiger partial charge >= 0.3 is 0 Å². The van der Waals surface area contributed by atoms with E-state index >= 15 is 0 Å². The third-order valence-corrected chi connectivity index (χ3v) is 4.18. The second-order valence-electron chi connectivity index (χ2n) is 4.47. The van der Waals surface area contributed by atoms with E-state index in [4.69, 9.17) is 0 Å². The van der Waals surface area contributed by atoms with Crippen LogP contribution in [0.5, 0.6) is 0 Å². The van der Waals surface area contributed by atoms with Gasteiger partial charge in [0.05, 0.1) is 0 Å². The summed E-state index contributed by atoms with van der Waals surface area (Å²) >= 11 is 0. The Morgan fingerprint density at radius 1 is 0.750 bits per heavy atom. The van der Waals surface area contributed by atoms with Crippen molar-refractivity contribution in [3.05, 3.63) is 70.8 Å². The highest BCUT2D eigenvalue weighted by molar-refractivity contribution is 8.14. The summed E-state index contributed by atoms with van der Waals surface area (Å²) in [6, 6.07) is 13.6. The first-order valence-electron chi connectivity index (χ1n) is 6.14. The molecule has 0 heterocycles. The van der Waals surface area contributed by atoms with Crippen molar-refractivity contribution in [2.45, 2.75) is 13.8 Å². The molecule has 0 aliphatic carbocycles. The minimum absolute atomic E-state index is 0.327. The highest BCUT2D eigenvalue weighted by Gasteiger charge is 2.25. The number of hydrogen-bond donors (Lipinski definition) is 0. The van der Waals surface area contributed by atoms with E-state index in [0.717, 1.165) is 0 Å². The Labute approximate surface area is 120 Å². The van der Waals surface area contributed by atoms with Gasteiger partial charge in [-0.1, -0.05) is 48.5 Å². The largest absolute Gasteiger partial charge is 0.278 e. The Kier molecular flexibility index (Phi) is 4.25. The molecule has 0 spiro atoms. The Bertz CT molecular complexity index is 645. The van der Waals surface area contributed by atoms with Crippen molar-refractivity contribution in [1.82, 2.24) is 0 Å². The minimum Gasteiger partial charge on any atom is -0.278 e. The van der Waals surface area contributed by atoms with Crippen LogP contribution in [0.4, 0.5) is 0 Å². The molecule has 0 unspecified atom stereocenters. The summed E-state index contributed by atoms with van der Waals surface area (Å²) in [7, 11) is -2.21. The molecule has 3 nitrogen and oxygen atoms in total. The van der Waals surface area contributed by atoms with Gasteiger partial charge in [0.2, 0.25) is 0 Å². The monoisotopic (exact) mass is 286 g/mol. The minimum atomic E-state index is -2.21. The lowest BCUT2D eigenvalue weighted by molar-refractivity contribution is 0.105. The van der Waals surface area contributed by atoms with E-state index in [2.05, 4.69) is 0 Å². The van der Waals surface area contributed by atoms with E-state index in [0.29, 0.717) is 22.3 Å². The van der Waals surface area contributed by atoms with E-state index in [1.54, 1.807) is 62.4 Å². The van der Waals surface area contributed by atoms with E-state index in [1.807, 2.05) is 0 Å². The maximum absolute atomic E-state index is 12.2. The maximum atomic E-state index is 12.2. The Hall–Kier alpha value is -2.07. The van der Waals surface area contributed by atoms with Gasteiger partial charge in [-0.15, -0.1) is 0 Å². The van der Waals surface area contributed by atoms with Crippen LogP contribution in [0.2, 0.25) is 0 Å². The zero-order valence-electron chi connectivity index (χ0n) is 11.3. The molecule has 0 amide bonds. The lowest BCUT2D eigenvalue weighted by Gasteiger charge is -2.05. The highest BCUT2D eigenvalue weighted by atomic mass is 32.2. The molecular formula is C16H14O3S. The van der Waals surface area contributed by atoms with Crippen LogP contribution in [-0.2, 0) is 10.8 Å². The van der Waals surface area contributed by atoms with Crippen LogP contribution in [0.15, 0.2) is 48.5 Å². The fraction of sp³-hybridized carbons (Fsp3) is 0.125. The first-order valence-corrected chi connectivity index (χ1v) is 7.29. The van der Waals surface area contributed by atoms with Gasteiger partial charge in [-0.05, 0) is 25.0 Å². The van der Waals surface area contributed by atoms with Crippen molar-refractivity contribution < 1.29 is 13.8 Å². The van der Waals surface area contributed by atoms with E-state index in [1.165, 1.54) is 0 Å². The van der Waals surface area contributed by atoms with Crippen molar-refractivity contribution in [2.24, 2.45) is 0 Å². The summed E-state index contributed by atoms with van der Waals surface area (Å²) in [6.45, 7) is 3.51. The summed E-state index contributed by atoms with van der Waals surface area (Å²) in [6.07, 6.45) is 0. The Morgan fingerprint density at radius 2 is 1.10 bits per heavy atom. The highest BCUT2D eigenvalue weighted by Crippen LogP contribution is 2.15. The number of carbonyl (C=O) groups excluding carboxylic acids is 2. The molecule has 0 bridgehead atoms. The first-order chi connectivity index (χ1) is 9.52. The van der Waals surface area contributed by atoms with Crippen LogP contribution in [0.25, 0.3) is 0 Å². The first kappa shape index (κ1) is 14.3. The number of aryl methyl sites for hydroxylation is 2. The Balaban J connectivity index is 2.33. The van der Waals surface area contributed by atoms with E-state index in [9.17, 15) is 13.8 Å². The fourth-order valence-electron chi connectivity index (χ4n) is 1.89. The summed E-state index contributed by atoms with van der Waals surface area (Å²) in [5.74, 6) is 0. The third kappa shape index (κ3) is 2.75. The molecule has 0 aromatic heterocycles. The molecule has 0 saturated carbocycles. The van der Waals surface area contributed by atoms with Gasteiger partial charge in [-0.2, -0.15) is 0 Å². The maximum Gasteiger partial charge on any atom is 0.257 e. The molecule has 102 valence electrons. The van der Waals surface area contributed by atoms with Crippen molar-refractivity contribution in [2.75, 3.05) is 0 Å². The van der Waals surface area contributed by atoms with Crippen LogP contribution >= 0.6 is 0 Å². The van der Waals surface area contributed by atoms with Crippen molar-refractivity contribution in [3.8, 4) is 0 Å². The zero-order chi connectivity index (χ0) is 14.7. The number of benzene rings is 2. The zero-order valence-corrected chi connectivity index (χ0v) is 12.1. The van der Waals surface area contributed by atoms with E-state index in [-0.39, 0.29) is 0 Å². The number of rotatable bonds is 2. The van der Waals surface area contributed by atoms with Crippen LogP contribution in [-0.4, -0.2) is 14.4 Å². The third-order valence-electron chi connectivity index (χ3n) is 3.07. The summed E-state index contributed by atoms with van der Waals surface area (Å²) in [5.41, 5.74) is 2.08. The molecule has 2 rings (SSSR count). The summed E-state index contributed by atoms with van der Waals surface area (Å²) in [5, 5.41) is -1.28. The van der Waals surface area contributed by atoms with Crippen molar-refractivity contribution in [1.29, 1.82) is 0 Å². The SMILES string of the molecule is Cc1ccccc1C(=O)S(=O)C(=O)c1ccccc1C. The van der Waals surface area contributed by atoms with Gasteiger partial charge in [0.25, 0.3) is 10.2 Å². The lowest BCUT2D eigenvalue weighted by Crippen LogP contribution is -2.19. The van der Waals surface area contributed by atoms with Crippen molar-refractivity contribution in [3.63, 3.8) is 0 Å². The molecular weight excluding hydrogens is 272 g/mol. The van der Waals surface area contributed by atoms with Gasteiger partial charge in [0, 0.05) is 11.1 Å². The van der Waals surface area contributed by atoms with Crippen LogP contribution < -0.4 is 0 Å². The molecule has 0 radical (unpaired) electrons. The number of hydrogen-bond acceptors (Lipinski definition) is 3. The van der Waals surface area contributed by atoms with Gasteiger partial charge in [0.1, 0.15) is 0 Å². The smallest absolute Gasteiger partial charge is 0.257 e. The molecule has 0 fully saturated rings. The molecule has 0 N–H and O–H groups in total. The molecule has 2 aromatic rings. The van der Waals surface area contributed by atoms with Crippen LogP contribution in [0.1, 0.15) is 31.8 Å². The standard InChI is InChI=1S/C16H14O3S/c1-11-7-3-5-9-13(11)15(17)20(19)16(18)14-10-6-4-8-12(14)2/h3-10H,1-2H3. The van der Waals surface area contributed by atoms with Crippen LogP contribution in [0, 0.1) is 13.8 Å². The predicted molar refractivity (Wildman–Crippen MR) is 79.2 cm³/mol. The average Bonchev–Trinajstić information content (AvgIpc) is 2.46. The molecule has 0 saturated heterocycles. The van der Waals surface area contributed by atoms with Gasteiger partial charge in [0.15, 0.2) is 10.8 Å². The topological polar surface area (TPSA) is 51.2 Å². The van der Waals surface area contributed by atoms with Gasteiger partial charge < -0.3 is 0 Å². The Morgan fingerprint density at radius 3 is 1.45 bits per heavy atom. The van der Waals surface area contributed by atoms with Crippen molar-refractivity contribution >= 4 is 21.0 Å². The lowest BCUT2D eigenvalue weighted by atomic mass is 10.1. The fourth-order valence-corrected chi connectivity index (χ4v) is 2.91. The van der Waals surface area contributed by atoms with Gasteiger partial charge in [-0.25, -0.2) is 4.21 Å². The predicted octanol–water partition coefficient (Wildman–Crippen LogP) is 3.03. The molecule has 0 aliphatic heterocycles. The summed E-state index contributed by atoms with van der Waals surface area (Å²) in [4.78, 5) is 24.3. The van der Waals surface area contributed by atoms with E-state index < -0.39 is 21.0 Å². The normalized spacial score (nSPS) is 10.6. The van der Waals surface area contributed by atoms with Crippen LogP contribution in [0.3, 0.4) is 0 Å². The molecule has 0 aliphatic rings. The number of carbonyl (C=O) groups is 2. The molecule has 20 heavy (non-hydrogen) atoms. The second-order valence-corrected chi connectivity index (χ2v) is 5.75. The second kappa shape index (κ2) is 5.92. The molecule has 4 heteroatoms. The average molecular weight is 286 g/mol. The molecule has 0 atom stereocenters.